The van der Waals surface area contributed by atoms with E-state index in [0.717, 1.165) is 24.8 Å². The van der Waals surface area contributed by atoms with Crippen LogP contribution in [0.2, 0.25) is 0 Å². The summed E-state index contributed by atoms with van der Waals surface area (Å²) < 4.78 is 10.6. The molecule has 21 heavy (non-hydrogen) atoms. The molecule has 0 atom stereocenters. The minimum absolute atomic E-state index is 0.0584. The molecule has 1 N–H and O–H groups in total. The minimum Gasteiger partial charge on any atom is -0.483 e. The number of aromatic nitrogens is 2. The number of hydrogen-bond acceptors (Lipinski definition) is 5. The first kappa shape index (κ1) is 15.0. The van der Waals surface area contributed by atoms with E-state index >= 15 is 0 Å². The second kappa shape index (κ2) is 6.88. The van der Waals surface area contributed by atoms with Crippen molar-refractivity contribution >= 4 is 5.97 Å². The van der Waals surface area contributed by atoms with Crippen molar-refractivity contribution in [3.8, 4) is 5.75 Å². The summed E-state index contributed by atoms with van der Waals surface area (Å²) in [4.78, 5) is 15.3. The molecule has 0 radical (unpaired) electrons. The molecule has 2 aromatic rings. The van der Waals surface area contributed by atoms with E-state index in [2.05, 4.69) is 17.1 Å². The predicted molar refractivity (Wildman–Crippen MR) is 75.4 cm³/mol. The SMILES string of the molecule is CCCCc1noc(COc2cc(C)ccc2C(=O)O)n1. The van der Waals surface area contributed by atoms with Crippen LogP contribution in [-0.2, 0) is 13.0 Å². The standard InChI is InChI=1S/C15H18N2O4/c1-3-4-5-13-16-14(21-17-13)9-20-12-8-10(2)6-7-11(12)15(18)19/h6-8H,3-5,9H2,1-2H3,(H,18,19). The third-order valence-electron chi connectivity index (χ3n) is 2.98. The van der Waals surface area contributed by atoms with Crippen LogP contribution in [-0.4, -0.2) is 21.2 Å². The first-order chi connectivity index (χ1) is 10.1. The first-order valence-corrected chi connectivity index (χ1v) is 6.88. The molecule has 2 rings (SSSR count). The molecule has 0 unspecified atom stereocenters. The zero-order chi connectivity index (χ0) is 15.2. The number of benzene rings is 1. The average molecular weight is 290 g/mol. The lowest BCUT2D eigenvalue weighted by Gasteiger charge is -2.07. The summed E-state index contributed by atoms with van der Waals surface area (Å²) >= 11 is 0. The lowest BCUT2D eigenvalue weighted by molar-refractivity contribution is 0.0691. The van der Waals surface area contributed by atoms with Gasteiger partial charge >= 0.3 is 5.97 Å². The molecule has 1 heterocycles. The summed E-state index contributed by atoms with van der Waals surface area (Å²) in [5.41, 5.74) is 1.04. The lowest BCUT2D eigenvalue weighted by atomic mass is 10.1. The Morgan fingerprint density at radius 3 is 2.95 bits per heavy atom. The summed E-state index contributed by atoms with van der Waals surface area (Å²) in [5, 5.41) is 13.0. The molecule has 0 saturated heterocycles. The molecule has 1 aromatic carbocycles. The van der Waals surface area contributed by atoms with Gasteiger partial charge in [-0.3, -0.25) is 0 Å². The van der Waals surface area contributed by atoms with E-state index in [9.17, 15) is 4.79 Å². The van der Waals surface area contributed by atoms with Crippen molar-refractivity contribution < 1.29 is 19.2 Å². The van der Waals surface area contributed by atoms with Gasteiger partial charge in [0.2, 0.25) is 0 Å². The van der Waals surface area contributed by atoms with E-state index in [-0.39, 0.29) is 12.2 Å². The molecule has 0 spiro atoms. The number of aryl methyl sites for hydroxylation is 2. The minimum atomic E-state index is -1.03. The lowest BCUT2D eigenvalue weighted by Crippen LogP contribution is -2.04. The highest BCUT2D eigenvalue weighted by molar-refractivity contribution is 5.90. The normalized spacial score (nSPS) is 10.6. The van der Waals surface area contributed by atoms with Gasteiger partial charge in [0, 0.05) is 6.42 Å². The number of hydrogen-bond donors (Lipinski definition) is 1. The Morgan fingerprint density at radius 2 is 2.24 bits per heavy atom. The van der Waals surface area contributed by atoms with Gasteiger partial charge in [0.05, 0.1) is 0 Å². The number of unbranched alkanes of at least 4 members (excludes halogenated alkanes) is 1. The molecule has 6 heteroatoms. The topological polar surface area (TPSA) is 85.5 Å². The molecular weight excluding hydrogens is 272 g/mol. The van der Waals surface area contributed by atoms with Crippen LogP contribution >= 0.6 is 0 Å². The summed E-state index contributed by atoms with van der Waals surface area (Å²) in [7, 11) is 0. The van der Waals surface area contributed by atoms with E-state index in [1.165, 1.54) is 6.07 Å². The molecule has 0 aliphatic rings. The Bertz CT molecular complexity index is 622. The predicted octanol–water partition coefficient (Wildman–Crippen LogP) is 3.00. The maximum absolute atomic E-state index is 11.1. The van der Waals surface area contributed by atoms with Crippen LogP contribution in [0.5, 0.6) is 5.75 Å². The fraction of sp³-hybridized carbons (Fsp3) is 0.400. The Labute approximate surface area is 122 Å². The maximum Gasteiger partial charge on any atom is 0.339 e. The van der Waals surface area contributed by atoms with Gasteiger partial charge in [-0.1, -0.05) is 24.6 Å². The van der Waals surface area contributed by atoms with Crippen molar-refractivity contribution in [2.45, 2.75) is 39.7 Å². The van der Waals surface area contributed by atoms with Crippen LogP contribution in [0.3, 0.4) is 0 Å². The van der Waals surface area contributed by atoms with Crippen molar-refractivity contribution in [2.24, 2.45) is 0 Å². The zero-order valence-corrected chi connectivity index (χ0v) is 12.1. The van der Waals surface area contributed by atoms with Crippen molar-refractivity contribution in [2.75, 3.05) is 0 Å². The van der Waals surface area contributed by atoms with Gasteiger partial charge in [0.15, 0.2) is 12.4 Å². The molecule has 0 aliphatic heterocycles. The molecule has 1 aromatic heterocycles. The fourth-order valence-electron chi connectivity index (χ4n) is 1.85. The number of ether oxygens (including phenoxy) is 1. The van der Waals surface area contributed by atoms with Gasteiger partial charge in [-0.05, 0) is 31.0 Å². The van der Waals surface area contributed by atoms with Crippen molar-refractivity contribution in [1.29, 1.82) is 0 Å². The quantitative estimate of drug-likeness (QED) is 0.843. The molecular formula is C15H18N2O4. The van der Waals surface area contributed by atoms with Gasteiger partial charge in [-0.2, -0.15) is 4.98 Å². The van der Waals surface area contributed by atoms with Crippen LogP contribution in [0.25, 0.3) is 0 Å². The molecule has 0 amide bonds. The highest BCUT2D eigenvalue weighted by atomic mass is 16.5. The van der Waals surface area contributed by atoms with Crippen molar-refractivity contribution in [1.82, 2.24) is 10.1 Å². The maximum atomic E-state index is 11.1. The summed E-state index contributed by atoms with van der Waals surface area (Å²) in [5.74, 6) is 0.270. The van der Waals surface area contributed by atoms with Crippen molar-refractivity contribution in [3.63, 3.8) is 0 Å². The molecule has 6 nitrogen and oxygen atoms in total. The summed E-state index contributed by atoms with van der Waals surface area (Å²) in [6, 6.07) is 4.93. The Kier molecular flexibility index (Phi) is 4.92. The van der Waals surface area contributed by atoms with E-state index < -0.39 is 5.97 Å². The van der Waals surface area contributed by atoms with Crippen LogP contribution in [0, 0.1) is 6.92 Å². The third-order valence-corrected chi connectivity index (χ3v) is 2.98. The molecule has 112 valence electrons. The number of carbonyl (C=O) groups is 1. The van der Waals surface area contributed by atoms with E-state index in [4.69, 9.17) is 14.4 Å². The largest absolute Gasteiger partial charge is 0.483 e. The number of nitrogens with zero attached hydrogens (tertiary/aromatic N) is 2. The summed E-state index contributed by atoms with van der Waals surface area (Å²) in [6.07, 6.45) is 2.83. The van der Waals surface area contributed by atoms with Crippen LogP contribution in [0.1, 0.15) is 47.4 Å². The number of rotatable bonds is 7. The van der Waals surface area contributed by atoms with Gasteiger partial charge in [0.1, 0.15) is 11.3 Å². The number of aromatic carboxylic acids is 1. The highest BCUT2D eigenvalue weighted by Crippen LogP contribution is 2.21. The van der Waals surface area contributed by atoms with Crippen molar-refractivity contribution in [3.05, 3.63) is 41.0 Å². The second-order valence-corrected chi connectivity index (χ2v) is 4.80. The molecule has 0 bridgehead atoms. The third kappa shape index (κ3) is 4.05. The number of carboxylic acid groups (broad SMARTS) is 1. The van der Waals surface area contributed by atoms with Crippen LogP contribution < -0.4 is 4.74 Å². The first-order valence-electron chi connectivity index (χ1n) is 6.88. The average Bonchev–Trinajstić information content (AvgIpc) is 2.90. The van der Waals surface area contributed by atoms with Gasteiger partial charge < -0.3 is 14.4 Å². The Hall–Kier alpha value is -2.37. The zero-order valence-electron chi connectivity index (χ0n) is 12.1. The summed E-state index contributed by atoms with van der Waals surface area (Å²) in [6.45, 7) is 4.02. The van der Waals surface area contributed by atoms with Gasteiger partial charge in [-0.15, -0.1) is 0 Å². The van der Waals surface area contributed by atoms with E-state index in [1.807, 2.05) is 6.92 Å². The number of carboxylic acids is 1. The monoisotopic (exact) mass is 290 g/mol. The molecule has 0 saturated carbocycles. The van der Waals surface area contributed by atoms with Crippen LogP contribution in [0.15, 0.2) is 22.7 Å². The van der Waals surface area contributed by atoms with Gasteiger partial charge in [-0.25, -0.2) is 4.79 Å². The molecule has 0 fully saturated rings. The van der Waals surface area contributed by atoms with Gasteiger partial charge in [0.25, 0.3) is 5.89 Å². The smallest absolute Gasteiger partial charge is 0.339 e. The fourth-order valence-corrected chi connectivity index (χ4v) is 1.85. The Balaban J connectivity index is 2.04. The molecule has 0 aliphatic carbocycles. The van der Waals surface area contributed by atoms with E-state index in [0.29, 0.717) is 17.5 Å². The highest BCUT2D eigenvalue weighted by Gasteiger charge is 2.13. The van der Waals surface area contributed by atoms with Crippen LogP contribution in [0.4, 0.5) is 0 Å². The second-order valence-electron chi connectivity index (χ2n) is 4.80. The Morgan fingerprint density at radius 1 is 1.43 bits per heavy atom. The van der Waals surface area contributed by atoms with E-state index in [1.54, 1.807) is 12.1 Å².